The Labute approximate surface area is 160 Å². The minimum atomic E-state index is -0.470. The minimum absolute atomic E-state index is 0.0142. The van der Waals surface area contributed by atoms with Crippen LogP contribution in [0, 0.1) is 17.0 Å². The van der Waals surface area contributed by atoms with Gasteiger partial charge in [0.15, 0.2) is 0 Å². The van der Waals surface area contributed by atoms with Crippen molar-refractivity contribution in [1.82, 2.24) is 10.2 Å². The molecule has 3 aromatic rings. The standard InChI is InChI=1S/C19H18N4O3S/c1-12(14-6-4-3-5-7-14)11-17-21-22-19(27-17)20-18(24)15-8-9-16(23(25)26)13(2)10-15/h3-10,12H,11H2,1-2H3,(H,20,22,24)/t12-/m0/s1. The number of nitro groups is 1. The van der Waals surface area contributed by atoms with Gasteiger partial charge in [-0.1, -0.05) is 48.6 Å². The van der Waals surface area contributed by atoms with Crippen molar-refractivity contribution in [1.29, 1.82) is 0 Å². The first kappa shape index (κ1) is 18.7. The van der Waals surface area contributed by atoms with E-state index in [9.17, 15) is 14.9 Å². The fourth-order valence-corrected chi connectivity index (χ4v) is 3.58. The van der Waals surface area contributed by atoms with Gasteiger partial charge in [0.25, 0.3) is 11.6 Å². The highest BCUT2D eigenvalue weighted by Crippen LogP contribution is 2.25. The second-order valence-corrected chi connectivity index (χ2v) is 7.29. The number of rotatable bonds is 6. The fourth-order valence-electron chi connectivity index (χ4n) is 2.72. The molecule has 8 heteroatoms. The molecule has 0 saturated carbocycles. The average Bonchev–Trinajstić information content (AvgIpc) is 3.08. The number of nitrogens with zero attached hydrogens (tertiary/aromatic N) is 3. The average molecular weight is 382 g/mol. The monoisotopic (exact) mass is 382 g/mol. The minimum Gasteiger partial charge on any atom is -0.296 e. The number of nitro benzene ring substituents is 1. The lowest BCUT2D eigenvalue weighted by atomic mass is 9.98. The Hall–Kier alpha value is -3.13. The van der Waals surface area contributed by atoms with Crippen molar-refractivity contribution in [3.8, 4) is 0 Å². The Morgan fingerprint density at radius 1 is 1.22 bits per heavy atom. The van der Waals surface area contributed by atoms with Gasteiger partial charge in [-0.2, -0.15) is 0 Å². The highest BCUT2D eigenvalue weighted by atomic mass is 32.1. The predicted octanol–water partition coefficient (Wildman–Crippen LogP) is 4.35. The lowest BCUT2D eigenvalue weighted by molar-refractivity contribution is -0.385. The van der Waals surface area contributed by atoms with E-state index >= 15 is 0 Å². The Balaban J connectivity index is 1.66. The van der Waals surface area contributed by atoms with Crippen LogP contribution in [-0.2, 0) is 6.42 Å². The van der Waals surface area contributed by atoms with Gasteiger partial charge < -0.3 is 0 Å². The Morgan fingerprint density at radius 3 is 2.63 bits per heavy atom. The Bertz CT molecular complexity index is 972. The van der Waals surface area contributed by atoms with Crippen LogP contribution in [0.5, 0.6) is 0 Å². The van der Waals surface area contributed by atoms with Gasteiger partial charge in [-0.3, -0.25) is 20.2 Å². The normalized spacial score (nSPS) is 11.8. The topological polar surface area (TPSA) is 98.0 Å². The molecular weight excluding hydrogens is 364 g/mol. The van der Waals surface area contributed by atoms with E-state index in [-0.39, 0.29) is 11.6 Å². The zero-order chi connectivity index (χ0) is 19.4. The number of carbonyl (C=O) groups is 1. The molecule has 1 N–H and O–H groups in total. The van der Waals surface area contributed by atoms with Crippen molar-refractivity contribution in [3.05, 3.63) is 80.3 Å². The van der Waals surface area contributed by atoms with Gasteiger partial charge in [-0.25, -0.2) is 0 Å². The molecule has 2 aromatic carbocycles. The summed E-state index contributed by atoms with van der Waals surface area (Å²) in [4.78, 5) is 22.8. The van der Waals surface area contributed by atoms with E-state index < -0.39 is 4.92 Å². The predicted molar refractivity (Wildman–Crippen MR) is 104 cm³/mol. The third-order valence-corrected chi connectivity index (χ3v) is 5.05. The smallest absolute Gasteiger partial charge is 0.272 e. The van der Waals surface area contributed by atoms with Crippen molar-refractivity contribution in [2.24, 2.45) is 0 Å². The third-order valence-electron chi connectivity index (χ3n) is 4.19. The summed E-state index contributed by atoms with van der Waals surface area (Å²) in [6.07, 6.45) is 0.730. The second kappa shape index (κ2) is 8.05. The SMILES string of the molecule is Cc1cc(C(=O)Nc2nnc(C[C@H](C)c3ccccc3)s2)ccc1[N+](=O)[O-]. The third kappa shape index (κ3) is 4.53. The van der Waals surface area contributed by atoms with Crippen LogP contribution >= 0.6 is 11.3 Å². The van der Waals surface area contributed by atoms with Gasteiger partial charge in [-0.15, -0.1) is 10.2 Å². The van der Waals surface area contributed by atoms with Crippen LogP contribution in [0.25, 0.3) is 0 Å². The zero-order valence-electron chi connectivity index (χ0n) is 14.9. The number of nitrogens with one attached hydrogen (secondary N) is 1. The molecule has 3 rings (SSSR count). The van der Waals surface area contributed by atoms with Crippen molar-refractivity contribution in [2.75, 3.05) is 5.32 Å². The van der Waals surface area contributed by atoms with Crippen molar-refractivity contribution in [3.63, 3.8) is 0 Å². The maximum Gasteiger partial charge on any atom is 0.272 e. The molecule has 1 heterocycles. The van der Waals surface area contributed by atoms with E-state index in [1.165, 1.54) is 35.1 Å². The van der Waals surface area contributed by atoms with Gasteiger partial charge in [0.1, 0.15) is 5.01 Å². The number of hydrogen-bond acceptors (Lipinski definition) is 6. The Kier molecular flexibility index (Phi) is 5.56. The number of aryl methyl sites for hydroxylation is 1. The van der Waals surface area contributed by atoms with Crippen LogP contribution in [0.4, 0.5) is 10.8 Å². The first-order valence-electron chi connectivity index (χ1n) is 8.37. The Morgan fingerprint density at radius 2 is 1.96 bits per heavy atom. The van der Waals surface area contributed by atoms with Crippen LogP contribution in [-0.4, -0.2) is 21.0 Å². The van der Waals surface area contributed by atoms with Crippen molar-refractivity contribution >= 4 is 28.1 Å². The molecular formula is C19H18N4O3S. The summed E-state index contributed by atoms with van der Waals surface area (Å²) in [6, 6.07) is 14.4. The molecule has 1 atom stereocenters. The molecule has 0 saturated heterocycles. The lowest BCUT2D eigenvalue weighted by Crippen LogP contribution is -2.12. The molecule has 0 aliphatic heterocycles. The summed E-state index contributed by atoms with van der Waals surface area (Å²) < 4.78 is 0. The summed E-state index contributed by atoms with van der Waals surface area (Å²) in [5.41, 5.74) is 1.98. The largest absolute Gasteiger partial charge is 0.296 e. The van der Waals surface area contributed by atoms with Gasteiger partial charge in [0.2, 0.25) is 5.13 Å². The van der Waals surface area contributed by atoms with E-state index in [2.05, 4.69) is 34.6 Å². The van der Waals surface area contributed by atoms with E-state index in [1.54, 1.807) is 6.92 Å². The highest BCUT2D eigenvalue weighted by Gasteiger charge is 2.16. The highest BCUT2D eigenvalue weighted by molar-refractivity contribution is 7.15. The molecule has 0 aliphatic rings. The first-order chi connectivity index (χ1) is 12.9. The van der Waals surface area contributed by atoms with Crippen LogP contribution in [0.15, 0.2) is 48.5 Å². The summed E-state index contributed by atoms with van der Waals surface area (Å²) in [6.45, 7) is 3.72. The van der Waals surface area contributed by atoms with Crippen LogP contribution in [0.1, 0.15) is 39.3 Å². The summed E-state index contributed by atoms with van der Waals surface area (Å²) in [5, 5.41) is 23.0. The quantitative estimate of drug-likeness (QED) is 0.505. The molecule has 0 radical (unpaired) electrons. The van der Waals surface area contributed by atoms with Gasteiger partial charge in [0.05, 0.1) is 4.92 Å². The van der Waals surface area contributed by atoms with E-state index in [0.717, 1.165) is 11.4 Å². The van der Waals surface area contributed by atoms with Crippen molar-refractivity contribution < 1.29 is 9.72 Å². The fraction of sp³-hybridized carbons (Fsp3) is 0.211. The van der Waals surface area contributed by atoms with Gasteiger partial charge >= 0.3 is 0 Å². The molecule has 138 valence electrons. The summed E-state index contributed by atoms with van der Waals surface area (Å²) >= 11 is 1.33. The molecule has 0 bridgehead atoms. The van der Waals surface area contributed by atoms with Crippen LogP contribution < -0.4 is 5.32 Å². The lowest BCUT2D eigenvalue weighted by Gasteiger charge is -2.08. The van der Waals surface area contributed by atoms with Crippen molar-refractivity contribution in [2.45, 2.75) is 26.2 Å². The number of benzene rings is 2. The molecule has 0 spiro atoms. The molecule has 27 heavy (non-hydrogen) atoms. The second-order valence-electron chi connectivity index (χ2n) is 6.23. The zero-order valence-corrected chi connectivity index (χ0v) is 15.7. The number of carbonyl (C=O) groups excluding carboxylic acids is 1. The first-order valence-corrected chi connectivity index (χ1v) is 9.19. The van der Waals surface area contributed by atoms with Gasteiger partial charge in [0, 0.05) is 23.6 Å². The number of hydrogen-bond donors (Lipinski definition) is 1. The molecule has 1 amide bonds. The number of aromatic nitrogens is 2. The molecule has 0 unspecified atom stereocenters. The van der Waals surface area contributed by atoms with E-state index in [4.69, 9.17) is 0 Å². The molecule has 7 nitrogen and oxygen atoms in total. The number of anilines is 1. The molecule has 0 aliphatic carbocycles. The molecule has 1 aromatic heterocycles. The summed E-state index contributed by atoms with van der Waals surface area (Å²) in [7, 11) is 0. The van der Waals surface area contributed by atoms with E-state index in [0.29, 0.717) is 22.2 Å². The summed E-state index contributed by atoms with van der Waals surface area (Å²) in [5.74, 6) is -0.0770. The maximum atomic E-state index is 12.4. The maximum absolute atomic E-state index is 12.4. The van der Waals surface area contributed by atoms with E-state index in [1.807, 2.05) is 18.2 Å². The number of amides is 1. The van der Waals surface area contributed by atoms with Crippen LogP contribution in [0.3, 0.4) is 0 Å². The van der Waals surface area contributed by atoms with Crippen LogP contribution in [0.2, 0.25) is 0 Å². The van der Waals surface area contributed by atoms with Gasteiger partial charge in [-0.05, 0) is 30.5 Å². The molecule has 0 fully saturated rings.